The van der Waals surface area contributed by atoms with Gasteiger partial charge in [0.05, 0.1) is 11.3 Å². The fourth-order valence-electron chi connectivity index (χ4n) is 2.33. The highest BCUT2D eigenvalue weighted by Gasteiger charge is 2.35. The van der Waals surface area contributed by atoms with Gasteiger partial charge in [0.2, 0.25) is 5.82 Å². The number of nitrogens with zero attached hydrogens (tertiary/aromatic N) is 3. The third kappa shape index (κ3) is 3.03. The normalized spacial score (nSPS) is 17.7. The first kappa shape index (κ1) is 15.8. The number of amides is 1. The van der Waals surface area contributed by atoms with Crippen LogP contribution in [-0.2, 0) is 6.18 Å². The van der Waals surface area contributed by atoms with Crippen molar-refractivity contribution in [3.63, 3.8) is 0 Å². The SMILES string of the molecule is C[C@@H]1CSc2ccccc2N1C(=O)c1cnc(C(F)(F)F)nc1. The topological polar surface area (TPSA) is 46.1 Å². The van der Waals surface area contributed by atoms with Crippen LogP contribution in [0.4, 0.5) is 18.9 Å². The number of halogens is 3. The van der Waals surface area contributed by atoms with Gasteiger partial charge in [0.15, 0.2) is 0 Å². The summed E-state index contributed by atoms with van der Waals surface area (Å²) >= 11 is 1.65. The molecule has 0 fully saturated rings. The van der Waals surface area contributed by atoms with Gasteiger partial charge in [-0.15, -0.1) is 11.8 Å². The predicted molar refractivity (Wildman–Crippen MR) is 80.5 cm³/mol. The quantitative estimate of drug-likeness (QED) is 0.796. The molecule has 8 heteroatoms. The second kappa shape index (κ2) is 5.84. The Morgan fingerprint density at radius 2 is 1.91 bits per heavy atom. The highest BCUT2D eigenvalue weighted by Crippen LogP contribution is 2.37. The molecule has 1 atom stereocenters. The van der Waals surface area contributed by atoms with Crippen LogP contribution in [0.25, 0.3) is 0 Å². The summed E-state index contributed by atoms with van der Waals surface area (Å²) in [6.45, 7) is 1.89. The van der Waals surface area contributed by atoms with Gasteiger partial charge in [-0.3, -0.25) is 4.79 Å². The molecule has 23 heavy (non-hydrogen) atoms. The van der Waals surface area contributed by atoms with Crippen LogP contribution in [0.1, 0.15) is 23.1 Å². The lowest BCUT2D eigenvalue weighted by Gasteiger charge is -2.34. The highest BCUT2D eigenvalue weighted by molar-refractivity contribution is 7.99. The van der Waals surface area contributed by atoms with E-state index in [1.54, 1.807) is 16.7 Å². The van der Waals surface area contributed by atoms with Gasteiger partial charge in [0, 0.05) is 29.1 Å². The molecule has 1 amide bonds. The number of carbonyl (C=O) groups excluding carboxylic acids is 1. The van der Waals surface area contributed by atoms with Crippen LogP contribution in [0, 0.1) is 0 Å². The number of hydrogen-bond donors (Lipinski definition) is 0. The summed E-state index contributed by atoms with van der Waals surface area (Å²) in [5, 5.41) is 0. The standard InChI is InChI=1S/C15H12F3N3OS/c1-9-8-23-12-5-3-2-4-11(12)21(9)13(22)10-6-19-14(20-7-10)15(16,17)18/h2-7,9H,8H2,1H3/t9-/m1/s1. The summed E-state index contributed by atoms with van der Waals surface area (Å²) < 4.78 is 37.5. The maximum Gasteiger partial charge on any atom is 0.451 e. The number of anilines is 1. The lowest BCUT2D eigenvalue weighted by Crippen LogP contribution is -2.42. The van der Waals surface area contributed by atoms with Crippen LogP contribution >= 0.6 is 11.8 Å². The van der Waals surface area contributed by atoms with E-state index in [1.165, 1.54) is 0 Å². The van der Waals surface area contributed by atoms with E-state index in [-0.39, 0.29) is 11.6 Å². The van der Waals surface area contributed by atoms with Crippen molar-refractivity contribution < 1.29 is 18.0 Å². The summed E-state index contributed by atoms with van der Waals surface area (Å²) in [6.07, 6.45) is -2.77. The van der Waals surface area contributed by atoms with E-state index in [0.29, 0.717) is 5.75 Å². The van der Waals surface area contributed by atoms with Crippen molar-refractivity contribution in [3.05, 3.63) is 48.0 Å². The van der Waals surface area contributed by atoms with E-state index in [9.17, 15) is 18.0 Å². The number of aromatic nitrogens is 2. The highest BCUT2D eigenvalue weighted by atomic mass is 32.2. The smallest absolute Gasteiger partial charge is 0.304 e. The van der Waals surface area contributed by atoms with Gasteiger partial charge in [-0.2, -0.15) is 13.2 Å². The average molecular weight is 339 g/mol. The Labute approximate surface area is 134 Å². The predicted octanol–water partition coefficient (Wildman–Crippen LogP) is 3.64. The van der Waals surface area contributed by atoms with Gasteiger partial charge >= 0.3 is 6.18 Å². The van der Waals surface area contributed by atoms with Crippen molar-refractivity contribution in [3.8, 4) is 0 Å². The molecule has 1 aromatic heterocycles. The fourth-order valence-corrected chi connectivity index (χ4v) is 3.39. The molecule has 120 valence electrons. The minimum absolute atomic E-state index is 0.0338. The monoisotopic (exact) mass is 339 g/mol. The molecule has 1 aromatic carbocycles. The molecular formula is C15H12F3N3OS. The van der Waals surface area contributed by atoms with E-state index >= 15 is 0 Å². The first-order valence-electron chi connectivity index (χ1n) is 6.82. The lowest BCUT2D eigenvalue weighted by molar-refractivity contribution is -0.145. The Hall–Kier alpha value is -2.09. The van der Waals surface area contributed by atoms with Crippen molar-refractivity contribution >= 4 is 23.4 Å². The van der Waals surface area contributed by atoms with Crippen LogP contribution in [0.5, 0.6) is 0 Å². The van der Waals surface area contributed by atoms with Crippen LogP contribution in [0.2, 0.25) is 0 Å². The van der Waals surface area contributed by atoms with Crippen molar-refractivity contribution in [1.82, 2.24) is 9.97 Å². The molecule has 0 saturated heterocycles. The Kier molecular flexibility index (Phi) is 4.01. The van der Waals surface area contributed by atoms with Crippen molar-refractivity contribution in [2.75, 3.05) is 10.7 Å². The maximum absolute atomic E-state index is 12.7. The van der Waals surface area contributed by atoms with Gasteiger partial charge in [-0.25, -0.2) is 9.97 Å². The van der Waals surface area contributed by atoms with Crippen molar-refractivity contribution in [2.45, 2.75) is 24.0 Å². The van der Waals surface area contributed by atoms with Gasteiger partial charge in [0.1, 0.15) is 0 Å². The summed E-state index contributed by atoms with van der Waals surface area (Å²) in [6, 6.07) is 7.35. The molecule has 4 nitrogen and oxygen atoms in total. The number of hydrogen-bond acceptors (Lipinski definition) is 4. The number of benzene rings is 1. The molecule has 0 bridgehead atoms. The minimum Gasteiger partial charge on any atom is -0.304 e. The molecule has 2 heterocycles. The molecule has 0 aliphatic carbocycles. The van der Waals surface area contributed by atoms with E-state index in [0.717, 1.165) is 23.0 Å². The third-order valence-electron chi connectivity index (χ3n) is 3.42. The van der Waals surface area contributed by atoms with Crippen LogP contribution in [-0.4, -0.2) is 27.7 Å². The van der Waals surface area contributed by atoms with Gasteiger partial charge in [-0.1, -0.05) is 12.1 Å². The number of carbonyl (C=O) groups is 1. The number of fused-ring (bicyclic) bond motifs is 1. The molecule has 0 N–H and O–H groups in total. The summed E-state index contributed by atoms with van der Waals surface area (Å²) in [5.41, 5.74) is 0.785. The fraction of sp³-hybridized carbons (Fsp3) is 0.267. The molecule has 3 rings (SSSR count). The number of thioether (sulfide) groups is 1. The van der Waals surface area contributed by atoms with Crippen LogP contribution in [0.3, 0.4) is 0 Å². The Balaban J connectivity index is 1.94. The van der Waals surface area contributed by atoms with Crippen molar-refractivity contribution in [2.24, 2.45) is 0 Å². The molecule has 0 saturated carbocycles. The van der Waals surface area contributed by atoms with E-state index in [2.05, 4.69) is 9.97 Å². The molecule has 0 spiro atoms. The zero-order valence-electron chi connectivity index (χ0n) is 12.0. The number of alkyl halides is 3. The Bertz CT molecular complexity index is 733. The molecule has 0 radical (unpaired) electrons. The maximum atomic E-state index is 12.7. The first-order chi connectivity index (χ1) is 10.9. The van der Waals surface area contributed by atoms with Crippen LogP contribution in [0.15, 0.2) is 41.6 Å². The molecule has 1 aliphatic rings. The van der Waals surface area contributed by atoms with E-state index in [4.69, 9.17) is 0 Å². The van der Waals surface area contributed by atoms with Gasteiger partial charge in [-0.05, 0) is 19.1 Å². The second-order valence-electron chi connectivity index (χ2n) is 5.10. The summed E-state index contributed by atoms with van der Waals surface area (Å²) in [7, 11) is 0. The van der Waals surface area contributed by atoms with E-state index in [1.807, 2.05) is 31.2 Å². The van der Waals surface area contributed by atoms with E-state index < -0.39 is 17.9 Å². The third-order valence-corrected chi connectivity index (χ3v) is 4.72. The number of para-hydroxylation sites is 1. The minimum atomic E-state index is -4.62. The summed E-state index contributed by atoms with van der Waals surface area (Å²) in [5.74, 6) is -0.944. The molecule has 0 unspecified atom stereocenters. The summed E-state index contributed by atoms with van der Waals surface area (Å²) in [4.78, 5) is 21.8. The number of rotatable bonds is 1. The molecular weight excluding hydrogens is 327 g/mol. The lowest BCUT2D eigenvalue weighted by atomic mass is 10.2. The average Bonchev–Trinajstić information content (AvgIpc) is 2.53. The van der Waals surface area contributed by atoms with Crippen molar-refractivity contribution in [1.29, 1.82) is 0 Å². The first-order valence-corrected chi connectivity index (χ1v) is 7.81. The van der Waals surface area contributed by atoms with Gasteiger partial charge < -0.3 is 4.90 Å². The zero-order valence-corrected chi connectivity index (χ0v) is 12.9. The van der Waals surface area contributed by atoms with Crippen LogP contribution < -0.4 is 4.90 Å². The second-order valence-corrected chi connectivity index (χ2v) is 6.16. The Morgan fingerprint density at radius 1 is 1.26 bits per heavy atom. The largest absolute Gasteiger partial charge is 0.451 e. The molecule has 1 aliphatic heterocycles. The van der Waals surface area contributed by atoms with Gasteiger partial charge in [0.25, 0.3) is 5.91 Å². The molecule has 2 aromatic rings. The zero-order chi connectivity index (χ0) is 16.6. The Morgan fingerprint density at radius 3 is 2.57 bits per heavy atom.